The minimum absolute atomic E-state index is 0.353. The molecule has 7 heteroatoms. The van der Waals surface area contributed by atoms with Crippen molar-refractivity contribution in [2.24, 2.45) is 0 Å². The van der Waals surface area contributed by atoms with Crippen LogP contribution >= 0.6 is 0 Å². The third kappa shape index (κ3) is 2.76. The van der Waals surface area contributed by atoms with Crippen LogP contribution in [0.3, 0.4) is 0 Å². The maximum atomic E-state index is 12.6. The monoisotopic (exact) mass is 353 g/mol. The Morgan fingerprint density at radius 1 is 1.33 bits per heavy atom. The summed E-state index contributed by atoms with van der Waals surface area (Å²) in [6.45, 7) is 1.32. The van der Waals surface area contributed by atoms with E-state index < -0.39 is 24.4 Å². The first-order valence-electron chi connectivity index (χ1n) is 6.29. The fourth-order valence-corrected chi connectivity index (χ4v) is 5.40. The van der Waals surface area contributed by atoms with Gasteiger partial charge in [0, 0.05) is 0 Å². The molecule has 0 spiro atoms. The first-order valence-corrected chi connectivity index (χ1v) is 9.60. The van der Waals surface area contributed by atoms with Crippen molar-refractivity contribution in [2.45, 2.75) is 17.2 Å². The van der Waals surface area contributed by atoms with Gasteiger partial charge in [-0.3, -0.25) is 0 Å². The van der Waals surface area contributed by atoms with Gasteiger partial charge in [-0.25, -0.2) is 0 Å². The fourth-order valence-electron chi connectivity index (χ4n) is 2.49. The van der Waals surface area contributed by atoms with Gasteiger partial charge in [0.25, 0.3) is 0 Å². The Bertz CT molecular complexity index is 628. The summed E-state index contributed by atoms with van der Waals surface area (Å²) in [5.41, 5.74) is 0.475. The second kappa shape index (κ2) is 6.03. The van der Waals surface area contributed by atoms with Crippen molar-refractivity contribution in [3.63, 3.8) is 0 Å². The molecule has 3 N–H and O–H groups in total. The number of hydrogen-bond acceptors (Lipinski definition) is 4. The van der Waals surface area contributed by atoms with Gasteiger partial charge in [0.2, 0.25) is 0 Å². The van der Waals surface area contributed by atoms with Crippen molar-refractivity contribution in [3.05, 3.63) is 60.2 Å². The van der Waals surface area contributed by atoms with E-state index in [0.717, 1.165) is 0 Å². The zero-order chi connectivity index (χ0) is 15.5. The summed E-state index contributed by atoms with van der Waals surface area (Å²) in [5.74, 6) is -0.353. The van der Waals surface area contributed by atoms with Crippen molar-refractivity contribution in [2.75, 3.05) is 0 Å². The summed E-state index contributed by atoms with van der Waals surface area (Å²) in [4.78, 5) is 11.4. The zero-order valence-corrected chi connectivity index (χ0v) is 13.2. The molecule has 1 aliphatic carbocycles. The number of allylic oxidation sites excluding steroid dienone is 2. The Hall–Kier alpha value is -1.59. The molecule has 3 atom stereocenters. The van der Waals surface area contributed by atoms with Crippen molar-refractivity contribution in [1.82, 2.24) is 5.32 Å². The Morgan fingerprint density at radius 3 is 2.57 bits per heavy atom. The van der Waals surface area contributed by atoms with Crippen LogP contribution in [0.5, 0.6) is 0 Å². The van der Waals surface area contributed by atoms with Gasteiger partial charge in [-0.1, -0.05) is 0 Å². The summed E-state index contributed by atoms with van der Waals surface area (Å²) in [7, 11) is 0. The van der Waals surface area contributed by atoms with Crippen LogP contribution in [-0.4, -0.2) is 35.5 Å². The Balaban J connectivity index is 2.65. The normalized spacial score (nSPS) is 27.1. The Morgan fingerprint density at radius 2 is 2.00 bits per heavy atom. The van der Waals surface area contributed by atoms with Gasteiger partial charge >= 0.3 is 125 Å². The van der Waals surface area contributed by atoms with Crippen LogP contribution in [0.25, 0.3) is 0 Å². The van der Waals surface area contributed by atoms with Crippen molar-refractivity contribution >= 4 is 20.1 Å². The molecule has 0 saturated heterocycles. The molecule has 1 amide bonds. The van der Waals surface area contributed by atoms with Gasteiger partial charge in [0.05, 0.1) is 0 Å². The zero-order valence-electron chi connectivity index (χ0n) is 11.3. The van der Waals surface area contributed by atoms with Crippen LogP contribution in [0.4, 0.5) is 0 Å². The summed E-state index contributed by atoms with van der Waals surface area (Å²) < 4.78 is 25.3. The second-order valence-corrected chi connectivity index (χ2v) is 8.79. The number of benzene rings is 1. The molecular weight excluding hydrogens is 337 g/mol. The number of amides is 1. The van der Waals surface area contributed by atoms with Crippen molar-refractivity contribution in [1.29, 1.82) is 0 Å². The number of nitrogens with one attached hydrogen (secondary N) is 1. The van der Waals surface area contributed by atoms with E-state index in [9.17, 15) is 12.6 Å². The molecule has 6 nitrogen and oxygen atoms in total. The van der Waals surface area contributed by atoms with Crippen LogP contribution in [0.2, 0.25) is 0 Å². The van der Waals surface area contributed by atoms with E-state index in [2.05, 4.69) is 9.19 Å². The van der Waals surface area contributed by atoms with E-state index in [1.54, 1.807) is 48.6 Å². The van der Waals surface area contributed by atoms with E-state index in [-0.39, 0.29) is 5.91 Å². The predicted octanol–water partition coefficient (Wildman–Crippen LogP) is 0.946. The number of carbonyl (C=O) groups excluding carboxylic acids is 1. The number of rotatable bonds is 4. The number of carbonyl (C=O) groups is 1. The van der Waals surface area contributed by atoms with Crippen molar-refractivity contribution in [3.8, 4) is 0 Å². The average molecular weight is 353 g/mol. The van der Waals surface area contributed by atoms with Crippen LogP contribution in [0, 0.1) is 0 Å². The molecule has 112 valence electrons. The first-order chi connectivity index (χ1) is 9.94. The Kier molecular flexibility index (Phi) is 4.54. The molecule has 1 aromatic carbocycles. The van der Waals surface area contributed by atoms with Crippen LogP contribution in [0.1, 0.15) is 12.5 Å². The number of hydrogen-bond donors (Lipinski definition) is 3. The third-order valence-electron chi connectivity index (χ3n) is 3.41. The van der Waals surface area contributed by atoms with E-state index >= 15 is 0 Å². The molecule has 1 aliphatic rings. The van der Waals surface area contributed by atoms with Gasteiger partial charge in [0.15, 0.2) is 0 Å². The molecule has 0 aromatic heterocycles. The average Bonchev–Trinajstić information content (AvgIpc) is 2.48. The molecule has 21 heavy (non-hydrogen) atoms. The molecule has 0 radical (unpaired) electrons. The molecular formula is C14H16AsNO5. The van der Waals surface area contributed by atoms with Gasteiger partial charge in [0.1, 0.15) is 0 Å². The molecule has 0 saturated carbocycles. The van der Waals surface area contributed by atoms with E-state index in [1.165, 1.54) is 13.0 Å². The Labute approximate surface area is 125 Å². The molecule has 2 unspecified atom stereocenters. The molecule has 0 heterocycles. The SMILES string of the molecule is CC(=O)NC1C=CC=C[C@]1(c1ccccc1)[As](=O)(O)OO. The van der Waals surface area contributed by atoms with E-state index in [0.29, 0.717) is 5.56 Å². The van der Waals surface area contributed by atoms with Gasteiger partial charge in [-0.05, 0) is 0 Å². The topological polar surface area (TPSA) is 95.9 Å². The molecule has 0 aliphatic heterocycles. The fraction of sp³-hybridized carbons (Fsp3) is 0.214. The first kappa shape index (κ1) is 15.8. The third-order valence-corrected chi connectivity index (χ3v) is 7.28. The minimum atomic E-state index is -5.24. The van der Waals surface area contributed by atoms with Crippen LogP contribution in [0.15, 0.2) is 54.6 Å². The molecule has 1 aromatic rings. The summed E-state index contributed by atoms with van der Waals surface area (Å²) in [6.07, 6.45) is 6.33. The van der Waals surface area contributed by atoms with E-state index in [4.69, 9.17) is 5.26 Å². The van der Waals surface area contributed by atoms with Crippen molar-refractivity contribution < 1.29 is 21.8 Å². The van der Waals surface area contributed by atoms with Gasteiger partial charge in [-0.2, -0.15) is 0 Å². The predicted molar refractivity (Wildman–Crippen MR) is 76.4 cm³/mol. The summed E-state index contributed by atoms with van der Waals surface area (Å²) >= 11 is -5.24. The quantitative estimate of drug-likeness (QED) is 0.426. The maximum absolute atomic E-state index is 12.6. The summed E-state index contributed by atoms with van der Waals surface area (Å²) in [5, 5.41) is 11.6. The molecule has 0 fully saturated rings. The van der Waals surface area contributed by atoms with Gasteiger partial charge < -0.3 is 0 Å². The second-order valence-electron chi connectivity index (χ2n) is 4.72. The molecule has 0 bridgehead atoms. The summed E-state index contributed by atoms with van der Waals surface area (Å²) in [6, 6.07) is 7.69. The van der Waals surface area contributed by atoms with Crippen LogP contribution < -0.4 is 5.32 Å². The van der Waals surface area contributed by atoms with Gasteiger partial charge in [-0.15, -0.1) is 0 Å². The van der Waals surface area contributed by atoms with Crippen LogP contribution in [-0.2, 0) is 16.6 Å². The standard InChI is InChI=1S/C14H16AsNO5/c1-11(17)16-13-9-5-6-10-14(13,15(18,19)21-20)12-7-3-2-4-8-12/h2-10,13,20H,1H3,(H,16,17)(H,18,19)/t13?,14-/m1/s1. The molecule has 2 rings (SSSR count). The van der Waals surface area contributed by atoms with E-state index in [1.807, 2.05) is 0 Å².